The zero-order valence-electron chi connectivity index (χ0n) is 12.0. The van der Waals surface area contributed by atoms with Crippen LogP contribution in [0.4, 0.5) is 4.79 Å². The zero-order chi connectivity index (χ0) is 14.8. The molecule has 1 N–H and O–H groups in total. The molecule has 2 atom stereocenters. The maximum absolute atomic E-state index is 12.0. The van der Waals surface area contributed by atoms with Gasteiger partial charge in [0.25, 0.3) is 5.91 Å². The number of hydrogen-bond donors (Lipinski definition) is 1. The number of aliphatic hydroxyl groups excluding tert-OH is 1. The lowest BCUT2D eigenvalue weighted by Gasteiger charge is -2.28. The van der Waals surface area contributed by atoms with Crippen LogP contribution < -0.4 is 0 Å². The average Bonchev–Trinajstić information content (AvgIpc) is 2.56. The van der Waals surface area contributed by atoms with Gasteiger partial charge in [0.1, 0.15) is 5.60 Å². The van der Waals surface area contributed by atoms with Crippen LogP contribution in [0.1, 0.15) is 34.6 Å². The minimum Gasteiger partial charge on any atom is -0.443 e. The second-order valence-corrected chi connectivity index (χ2v) is 5.77. The Morgan fingerprint density at radius 2 is 2.05 bits per heavy atom. The van der Waals surface area contributed by atoms with Crippen LogP contribution in [0.5, 0.6) is 0 Å². The van der Waals surface area contributed by atoms with Gasteiger partial charge < -0.3 is 9.84 Å². The largest absolute Gasteiger partial charge is 0.443 e. The Hall–Kier alpha value is -1.62. The van der Waals surface area contributed by atoms with E-state index in [1.165, 1.54) is 12.2 Å². The minimum atomic E-state index is -0.930. The Bertz CT molecular complexity index is 427. The number of rotatable bonds is 2. The summed E-state index contributed by atoms with van der Waals surface area (Å²) in [7, 11) is 0. The summed E-state index contributed by atoms with van der Waals surface area (Å²) in [5, 5.41) is 10.0. The standard InChI is InChI=1S/C14H21NO4/c1-9(2)8-11(16)10-6-7-12(17)15(10)13(18)19-14(3,4)5/h6-8,10-11,16H,1-5H3/t10-,11+/m0/s1. The van der Waals surface area contributed by atoms with Gasteiger partial charge in [-0.2, -0.15) is 0 Å². The van der Waals surface area contributed by atoms with Crippen LogP contribution in [0.15, 0.2) is 23.8 Å². The molecular weight excluding hydrogens is 246 g/mol. The molecule has 0 aromatic rings. The van der Waals surface area contributed by atoms with E-state index in [1.807, 2.05) is 13.8 Å². The van der Waals surface area contributed by atoms with Gasteiger partial charge in [-0.25, -0.2) is 9.69 Å². The third-order valence-corrected chi connectivity index (χ3v) is 2.42. The average molecular weight is 267 g/mol. The number of nitrogens with zero attached hydrogens (tertiary/aromatic N) is 1. The summed E-state index contributed by atoms with van der Waals surface area (Å²) in [5.74, 6) is -0.472. The molecule has 0 aromatic heterocycles. The van der Waals surface area contributed by atoms with Crippen LogP contribution in [0.2, 0.25) is 0 Å². The summed E-state index contributed by atoms with van der Waals surface area (Å²) in [5.41, 5.74) is 0.218. The highest BCUT2D eigenvalue weighted by Crippen LogP contribution is 2.20. The van der Waals surface area contributed by atoms with Gasteiger partial charge in [0.05, 0.1) is 12.1 Å². The van der Waals surface area contributed by atoms with Gasteiger partial charge in [0.2, 0.25) is 0 Å². The van der Waals surface area contributed by atoms with E-state index in [9.17, 15) is 14.7 Å². The molecule has 106 valence electrons. The first kappa shape index (κ1) is 15.4. The van der Waals surface area contributed by atoms with Gasteiger partial charge in [0, 0.05) is 6.08 Å². The third kappa shape index (κ3) is 4.21. The first-order chi connectivity index (χ1) is 8.61. The highest BCUT2D eigenvalue weighted by molar-refractivity contribution is 6.01. The van der Waals surface area contributed by atoms with E-state index < -0.39 is 29.7 Å². The lowest BCUT2D eigenvalue weighted by molar-refractivity contribution is -0.126. The predicted molar refractivity (Wildman–Crippen MR) is 71.4 cm³/mol. The fourth-order valence-corrected chi connectivity index (χ4v) is 1.72. The fourth-order valence-electron chi connectivity index (χ4n) is 1.72. The number of aliphatic hydroxyl groups is 1. The molecule has 19 heavy (non-hydrogen) atoms. The van der Waals surface area contributed by atoms with Crippen LogP contribution in [0, 0.1) is 0 Å². The first-order valence-electron chi connectivity index (χ1n) is 6.19. The van der Waals surface area contributed by atoms with Gasteiger partial charge in [-0.15, -0.1) is 0 Å². The van der Waals surface area contributed by atoms with E-state index >= 15 is 0 Å². The van der Waals surface area contributed by atoms with Crippen molar-refractivity contribution in [2.24, 2.45) is 0 Å². The molecule has 1 aliphatic heterocycles. The summed E-state index contributed by atoms with van der Waals surface area (Å²) in [4.78, 5) is 24.6. The molecule has 0 aliphatic carbocycles. The van der Waals surface area contributed by atoms with Crippen LogP contribution in [0.3, 0.4) is 0 Å². The first-order valence-corrected chi connectivity index (χ1v) is 6.19. The Morgan fingerprint density at radius 3 is 2.53 bits per heavy atom. The van der Waals surface area contributed by atoms with E-state index in [1.54, 1.807) is 26.8 Å². The smallest absolute Gasteiger partial charge is 0.417 e. The van der Waals surface area contributed by atoms with E-state index in [-0.39, 0.29) is 0 Å². The van der Waals surface area contributed by atoms with Gasteiger partial charge in [-0.05, 0) is 34.6 Å². The molecule has 1 heterocycles. The number of ether oxygens (including phenoxy) is 1. The van der Waals surface area contributed by atoms with Gasteiger partial charge in [-0.1, -0.05) is 17.7 Å². The van der Waals surface area contributed by atoms with Crippen molar-refractivity contribution in [1.29, 1.82) is 0 Å². The van der Waals surface area contributed by atoms with E-state index in [0.717, 1.165) is 10.5 Å². The van der Waals surface area contributed by atoms with Crippen molar-refractivity contribution in [2.45, 2.75) is 52.4 Å². The Balaban J connectivity index is 2.88. The summed E-state index contributed by atoms with van der Waals surface area (Å²) in [6, 6.07) is -0.711. The quantitative estimate of drug-likeness (QED) is 0.777. The fraction of sp³-hybridized carbons (Fsp3) is 0.571. The molecule has 1 aliphatic rings. The molecular formula is C14H21NO4. The minimum absolute atomic E-state index is 0.472. The number of hydrogen-bond acceptors (Lipinski definition) is 4. The molecule has 0 aromatic carbocycles. The molecule has 0 saturated carbocycles. The molecule has 2 amide bonds. The van der Waals surface area contributed by atoms with Gasteiger partial charge >= 0.3 is 6.09 Å². The van der Waals surface area contributed by atoms with Crippen molar-refractivity contribution in [2.75, 3.05) is 0 Å². The molecule has 0 saturated heterocycles. The Kier molecular flexibility index (Phi) is 4.52. The van der Waals surface area contributed by atoms with Crippen molar-refractivity contribution in [3.8, 4) is 0 Å². The second kappa shape index (κ2) is 5.57. The maximum atomic E-state index is 12.0. The highest BCUT2D eigenvalue weighted by Gasteiger charge is 2.37. The van der Waals surface area contributed by atoms with Crippen molar-refractivity contribution in [3.05, 3.63) is 23.8 Å². The lowest BCUT2D eigenvalue weighted by Crippen LogP contribution is -2.47. The SMILES string of the molecule is CC(C)=C[C@@H](O)[C@@H]1C=CC(=O)N1C(=O)OC(C)(C)C. The molecule has 0 fully saturated rings. The molecule has 0 radical (unpaired) electrons. The van der Waals surface area contributed by atoms with Crippen LogP contribution in [0.25, 0.3) is 0 Å². The van der Waals surface area contributed by atoms with Crippen molar-refractivity contribution in [3.63, 3.8) is 0 Å². The number of imide groups is 1. The van der Waals surface area contributed by atoms with E-state index in [2.05, 4.69) is 0 Å². The number of allylic oxidation sites excluding steroid dienone is 1. The summed E-state index contributed by atoms with van der Waals surface area (Å²) < 4.78 is 5.17. The number of amides is 2. The van der Waals surface area contributed by atoms with Crippen molar-refractivity contribution >= 4 is 12.0 Å². The van der Waals surface area contributed by atoms with E-state index in [4.69, 9.17) is 4.74 Å². The molecule has 5 nitrogen and oxygen atoms in total. The highest BCUT2D eigenvalue weighted by atomic mass is 16.6. The van der Waals surface area contributed by atoms with Crippen molar-refractivity contribution < 1.29 is 19.4 Å². The maximum Gasteiger partial charge on any atom is 0.417 e. The molecule has 0 bridgehead atoms. The summed E-state index contributed by atoms with van der Waals surface area (Å²) >= 11 is 0. The Labute approximate surface area is 113 Å². The zero-order valence-corrected chi connectivity index (χ0v) is 12.0. The predicted octanol–water partition coefficient (Wildman–Crippen LogP) is 2.02. The lowest BCUT2D eigenvalue weighted by atomic mass is 10.1. The van der Waals surface area contributed by atoms with Crippen LogP contribution in [-0.4, -0.2) is 39.8 Å². The summed E-state index contributed by atoms with van der Waals surface area (Å²) in [6.07, 6.45) is 2.71. The van der Waals surface area contributed by atoms with Gasteiger partial charge in [0.15, 0.2) is 0 Å². The summed E-state index contributed by atoms with van der Waals surface area (Å²) in [6.45, 7) is 8.84. The van der Waals surface area contributed by atoms with Crippen molar-refractivity contribution in [1.82, 2.24) is 4.90 Å². The molecule has 1 rings (SSSR count). The third-order valence-electron chi connectivity index (χ3n) is 2.42. The monoisotopic (exact) mass is 267 g/mol. The molecule has 0 unspecified atom stereocenters. The molecule has 0 spiro atoms. The topological polar surface area (TPSA) is 66.8 Å². The number of carbonyl (C=O) groups excluding carboxylic acids is 2. The van der Waals surface area contributed by atoms with Crippen LogP contribution >= 0.6 is 0 Å². The van der Waals surface area contributed by atoms with Gasteiger partial charge in [-0.3, -0.25) is 4.79 Å². The number of carbonyl (C=O) groups is 2. The Morgan fingerprint density at radius 1 is 1.47 bits per heavy atom. The van der Waals surface area contributed by atoms with E-state index in [0.29, 0.717) is 0 Å². The van der Waals surface area contributed by atoms with Crippen LogP contribution in [-0.2, 0) is 9.53 Å². The normalized spacial score (nSPS) is 20.4. The second-order valence-electron chi connectivity index (χ2n) is 5.77. The molecule has 5 heteroatoms.